The van der Waals surface area contributed by atoms with Gasteiger partial charge in [0.25, 0.3) is 0 Å². The fourth-order valence-corrected chi connectivity index (χ4v) is 4.58. The molecule has 1 aliphatic rings. The molecule has 0 bridgehead atoms. The number of rotatable bonds is 8. The number of H-pyrrole nitrogens is 1. The molecule has 0 unspecified atom stereocenters. The third kappa shape index (κ3) is 4.09. The molecule has 3 heterocycles. The zero-order chi connectivity index (χ0) is 25.7. The molecule has 0 aliphatic heterocycles. The predicted octanol–water partition coefficient (Wildman–Crippen LogP) is 4.57. The van der Waals surface area contributed by atoms with Crippen LogP contribution in [-0.2, 0) is 0 Å². The predicted molar refractivity (Wildman–Crippen MR) is 135 cm³/mol. The molecule has 2 aromatic carbocycles. The van der Waals surface area contributed by atoms with E-state index in [1.54, 1.807) is 36.6 Å². The van der Waals surface area contributed by atoms with E-state index in [9.17, 15) is 13.6 Å². The Labute approximate surface area is 210 Å². The van der Waals surface area contributed by atoms with Crippen LogP contribution in [0.3, 0.4) is 0 Å². The summed E-state index contributed by atoms with van der Waals surface area (Å²) in [5.41, 5.74) is 1.92. The Hall–Kier alpha value is -4.28. The number of hydrogen-bond donors (Lipinski definition) is 2. The number of anilines is 1. The first kappa shape index (κ1) is 23.1. The minimum Gasteiger partial charge on any atom is -0.490 e. The molecule has 5 aromatic rings. The molecular weight excluding hydrogens is 480 g/mol. The lowest BCUT2D eigenvalue weighted by Crippen LogP contribution is -2.22. The van der Waals surface area contributed by atoms with Gasteiger partial charge in [-0.3, -0.25) is 9.13 Å². The zero-order valence-electron chi connectivity index (χ0n) is 20.3. The number of nitrogens with one attached hydrogen (secondary N) is 2. The Morgan fingerprint density at radius 1 is 1.22 bits per heavy atom. The van der Waals surface area contributed by atoms with Gasteiger partial charge in [0.05, 0.1) is 23.7 Å². The van der Waals surface area contributed by atoms with Crippen LogP contribution < -0.4 is 15.7 Å². The van der Waals surface area contributed by atoms with Crippen molar-refractivity contribution in [1.29, 1.82) is 0 Å². The van der Waals surface area contributed by atoms with Crippen LogP contribution >= 0.6 is 0 Å². The minimum absolute atomic E-state index is 0.0937. The number of aromatic amines is 1. The second-order valence-electron chi connectivity index (χ2n) is 9.21. The first-order valence-corrected chi connectivity index (χ1v) is 12.2. The van der Waals surface area contributed by atoms with Crippen molar-refractivity contribution in [2.75, 3.05) is 18.5 Å². The topological polar surface area (TPSA) is 103 Å². The number of aromatic nitrogens is 6. The number of fused-ring (bicyclic) bond motifs is 2. The molecule has 6 rings (SSSR count). The lowest BCUT2D eigenvalue weighted by molar-refractivity contribution is 0.314. The Morgan fingerprint density at radius 3 is 2.84 bits per heavy atom. The molecular formula is C26H25F2N7O2. The summed E-state index contributed by atoms with van der Waals surface area (Å²) in [5, 5.41) is 3.34. The highest BCUT2D eigenvalue weighted by molar-refractivity contribution is 5.85. The number of halogens is 2. The molecule has 11 heteroatoms. The molecule has 1 saturated carbocycles. The van der Waals surface area contributed by atoms with E-state index in [1.807, 2.05) is 0 Å². The number of hydrogen-bond acceptors (Lipinski definition) is 6. The summed E-state index contributed by atoms with van der Waals surface area (Å²) >= 11 is 0. The van der Waals surface area contributed by atoms with E-state index in [0.717, 1.165) is 12.8 Å². The average Bonchev–Trinajstić information content (AvgIpc) is 3.52. The van der Waals surface area contributed by atoms with Crippen LogP contribution in [0.4, 0.5) is 14.6 Å². The first-order chi connectivity index (χ1) is 17.9. The molecule has 1 atom stereocenters. The van der Waals surface area contributed by atoms with Crippen LogP contribution in [0.1, 0.15) is 38.3 Å². The van der Waals surface area contributed by atoms with Gasteiger partial charge in [-0.25, -0.2) is 18.6 Å². The van der Waals surface area contributed by atoms with Crippen molar-refractivity contribution < 1.29 is 13.5 Å². The normalized spacial score (nSPS) is 14.4. The number of ether oxygens (including phenoxy) is 1. The van der Waals surface area contributed by atoms with Crippen LogP contribution in [0.2, 0.25) is 0 Å². The molecule has 190 valence electrons. The molecule has 0 saturated heterocycles. The van der Waals surface area contributed by atoms with E-state index in [4.69, 9.17) is 9.72 Å². The Morgan fingerprint density at radius 2 is 2.05 bits per heavy atom. The van der Waals surface area contributed by atoms with Gasteiger partial charge in [-0.1, -0.05) is 12.1 Å². The number of nitrogens with zero attached hydrogens (tertiary/aromatic N) is 5. The van der Waals surface area contributed by atoms with Crippen molar-refractivity contribution in [1.82, 2.24) is 29.1 Å². The minimum atomic E-state index is -0.616. The van der Waals surface area contributed by atoms with Crippen molar-refractivity contribution in [2.45, 2.75) is 32.7 Å². The summed E-state index contributed by atoms with van der Waals surface area (Å²) < 4.78 is 37.3. The summed E-state index contributed by atoms with van der Waals surface area (Å²) in [4.78, 5) is 29.9. The Bertz CT molecular complexity index is 1690. The fourth-order valence-electron chi connectivity index (χ4n) is 4.58. The van der Waals surface area contributed by atoms with Gasteiger partial charge in [-0.05, 0) is 50.8 Å². The van der Waals surface area contributed by atoms with E-state index in [0.29, 0.717) is 46.0 Å². The monoisotopic (exact) mass is 505 g/mol. The SMILES string of the molecule is CCOc1c(F)cccc1[C@@H](C)n1c(=O)[nH]c2c(NCC3CC3)nc(-n3cnc4ccc(F)cc43)nc21. The zero-order valence-corrected chi connectivity index (χ0v) is 20.3. The first-order valence-electron chi connectivity index (χ1n) is 12.2. The molecule has 9 nitrogen and oxygen atoms in total. The van der Waals surface area contributed by atoms with E-state index in [1.165, 1.54) is 29.1 Å². The second-order valence-corrected chi connectivity index (χ2v) is 9.21. The summed E-state index contributed by atoms with van der Waals surface area (Å²) in [7, 11) is 0. The molecule has 37 heavy (non-hydrogen) atoms. The molecule has 1 fully saturated rings. The Balaban J connectivity index is 1.56. The number of benzene rings is 2. The number of imidazole rings is 2. The Kier molecular flexibility index (Phi) is 5.62. The van der Waals surface area contributed by atoms with Crippen LogP contribution in [-0.4, -0.2) is 42.2 Å². The van der Waals surface area contributed by atoms with Gasteiger partial charge in [0, 0.05) is 18.2 Å². The highest BCUT2D eigenvalue weighted by Crippen LogP contribution is 2.33. The van der Waals surface area contributed by atoms with Crippen molar-refractivity contribution in [3.8, 4) is 11.7 Å². The number of para-hydroxylation sites is 1. The van der Waals surface area contributed by atoms with Gasteiger partial charge in [0.2, 0.25) is 5.95 Å². The summed E-state index contributed by atoms with van der Waals surface area (Å²) in [6.07, 6.45) is 3.79. The summed E-state index contributed by atoms with van der Waals surface area (Å²) in [5.74, 6) is 0.402. The van der Waals surface area contributed by atoms with Gasteiger partial charge in [-0.2, -0.15) is 9.97 Å². The lowest BCUT2D eigenvalue weighted by atomic mass is 10.1. The largest absolute Gasteiger partial charge is 0.490 e. The van der Waals surface area contributed by atoms with Gasteiger partial charge >= 0.3 is 5.69 Å². The maximum atomic E-state index is 14.6. The highest BCUT2D eigenvalue weighted by Gasteiger charge is 2.26. The maximum Gasteiger partial charge on any atom is 0.328 e. The van der Waals surface area contributed by atoms with Gasteiger partial charge in [0.1, 0.15) is 17.7 Å². The molecule has 2 N–H and O–H groups in total. The molecule has 0 amide bonds. The third-order valence-corrected chi connectivity index (χ3v) is 6.66. The third-order valence-electron chi connectivity index (χ3n) is 6.66. The molecule has 0 radical (unpaired) electrons. The average molecular weight is 506 g/mol. The van der Waals surface area contributed by atoms with Crippen LogP contribution in [0.15, 0.2) is 47.5 Å². The van der Waals surface area contributed by atoms with Crippen molar-refractivity contribution >= 4 is 28.0 Å². The van der Waals surface area contributed by atoms with E-state index in [2.05, 4.69) is 20.3 Å². The van der Waals surface area contributed by atoms with Crippen molar-refractivity contribution in [3.63, 3.8) is 0 Å². The maximum absolute atomic E-state index is 14.6. The summed E-state index contributed by atoms with van der Waals surface area (Å²) in [6, 6.07) is 8.30. The van der Waals surface area contributed by atoms with E-state index in [-0.39, 0.29) is 18.3 Å². The van der Waals surface area contributed by atoms with Crippen molar-refractivity contribution in [3.05, 3.63) is 70.4 Å². The molecule has 1 aliphatic carbocycles. The summed E-state index contributed by atoms with van der Waals surface area (Å²) in [6.45, 7) is 4.53. The molecule has 0 spiro atoms. The van der Waals surface area contributed by atoms with E-state index < -0.39 is 23.4 Å². The second kappa shape index (κ2) is 8.99. The van der Waals surface area contributed by atoms with E-state index >= 15 is 0 Å². The fraction of sp³-hybridized carbons (Fsp3) is 0.308. The van der Waals surface area contributed by atoms with Gasteiger partial charge in [0.15, 0.2) is 23.0 Å². The smallest absolute Gasteiger partial charge is 0.328 e. The molecule has 3 aromatic heterocycles. The van der Waals surface area contributed by atoms with Crippen LogP contribution in [0, 0.1) is 17.6 Å². The standard InChI is InChI=1S/C26H25F2N7O2/c1-3-37-22-17(5-4-6-18(22)28)14(2)35-24-21(31-26(35)36)23(29-12-15-7-8-15)32-25(33-24)34-13-30-19-10-9-16(27)11-20(19)34/h4-6,9-11,13-15H,3,7-8,12H2,1-2H3,(H,31,36)(H,29,32,33)/t14-/m1/s1. The van der Waals surface area contributed by atoms with Crippen LogP contribution in [0.5, 0.6) is 5.75 Å². The van der Waals surface area contributed by atoms with Crippen LogP contribution in [0.25, 0.3) is 28.1 Å². The quantitative estimate of drug-likeness (QED) is 0.320. The highest BCUT2D eigenvalue weighted by atomic mass is 19.1. The van der Waals surface area contributed by atoms with Gasteiger partial charge < -0.3 is 15.0 Å². The van der Waals surface area contributed by atoms with Gasteiger partial charge in [-0.15, -0.1) is 0 Å². The van der Waals surface area contributed by atoms with Crippen molar-refractivity contribution in [2.24, 2.45) is 5.92 Å². The lowest BCUT2D eigenvalue weighted by Gasteiger charge is -2.18.